The standard InChI is InChI=1S/C11H9FN2OS/c12-8(7-15)6-9-2-3-10(16-9)11-13-4-1-5-14-11/h1-6,15H,7H2/b8-6+. The lowest BCUT2D eigenvalue weighted by molar-refractivity contribution is 0.300. The van der Waals surface area contributed by atoms with Gasteiger partial charge in [-0.3, -0.25) is 0 Å². The Kier molecular flexibility index (Phi) is 3.38. The maximum absolute atomic E-state index is 12.8. The fraction of sp³-hybridized carbons (Fsp3) is 0.0909. The molecular weight excluding hydrogens is 227 g/mol. The monoisotopic (exact) mass is 236 g/mol. The first-order valence-corrected chi connectivity index (χ1v) is 5.45. The second-order valence-corrected chi connectivity index (χ2v) is 4.14. The molecule has 0 aliphatic carbocycles. The molecule has 0 bridgehead atoms. The van der Waals surface area contributed by atoms with E-state index >= 15 is 0 Å². The van der Waals surface area contributed by atoms with Crippen LogP contribution in [0.4, 0.5) is 4.39 Å². The largest absolute Gasteiger partial charge is 0.389 e. The lowest BCUT2D eigenvalue weighted by Crippen LogP contribution is -1.82. The molecule has 0 atom stereocenters. The molecule has 0 radical (unpaired) electrons. The number of thiophene rings is 1. The van der Waals surface area contributed by atoms with Crippen LogP contribution in [0.5, 0.6) is 0 Å². The van der Waals surface area contributed by atoms with Crippen LogP contribution in [0.25, 0.3) is 16.8 Å². The molecule has 0 saturated heterocycles. The highest BCUT2D eigenvalue weighted by molar-refractivity contribution is 7.16. The molecule has 2 heterocycles. The average Bonchev–Trinajstić information content (AvgIpc) is 2.78. The summed E-state index contributed by atoms with van der Waals surface area (Å²) in [5.74, 6) is 0.0685. The van der Waals surface area contributed by atoms with Gasteiger partial charge in [0.15, 0.2) is 5.82 Å². The minimum atomic E-state index is -0.574. The van der Waals surface area contributed by atoms with Crippen molar-refractivity contribution in [2.24, 2.45) is 0 Å². The molecule has 2 aromatic heterocycles. The molecule has 0 amide bonds. The van der Waals surface area contributed by atoms with E-state index < -0.39 is 12.4 Å². The summed E-state index contributed by atoms with van der Waals surface area (Å²) in [5, 5.41) is 8.56. The maximum Gasteiger partial charge on any atom is 0.169 e. The van der Waals surface area contributed by atoms with Crippen molar-refractivity contribution in [2.75, 3.05) is 6.61 Å². The zero-order chi connectivity index (χ0) is 11.4. The molecule has 5 heteroatoms. The van der Waals surface area contributed by atoms with Crippen LogP contribution in [0.15, 0.2) is 36.4 Å². The quantitative estimate of drug-likeness (QED) is 0.890. The van der Waals surface area contributed by atoms with E-state index in [1.165, 1.54) is 17.4 Å². The molecule has 0 aliphatic rings. The SMILES string of the molecule is OC/C(F)=C\c1ccc(-c2ncccn2)s1. The second kappa shape index (κ2) is 4.96. The Morgan fingerprint density at radius 1 is 1.38 bits per heavy atom. The third kappa shape index (κ3) is 2.50. The Labute approximate surface area is 95.9 Å². The summed E-state index contributed by atoms with van der Waals surface area (Å²) in [6.45, 7) is -0.574. The first kappa shape index (κ1) is 10.9. The summed E-state index contributed by atoms with van der Waals surface area (Å²) < 4.78 is 12.8. The fourth-order valence-electron chi connectivity index (χ4n) is 1.18. The molecule has 0 aliphatic heterocycles. The molecule has 0 fully saturated rings. The Hall–Kier alpha value is -1.59. The van der Waals surface area contributed by atoms with E-state index in [0.717, 1.165) is 9.75 Å². The number of rotatable bonds is 3. The molecule has 2 rings (SSSR count). The van der Waals surface area contributed by atoms with Crippen LogP contribution < -0.4 is 0 Å². The van der Waals surface area contributed by atoms with E-state index in [-0.39, 0.29) is 0 Å². The summed E-state index contributed by atoms with van der Waals surface area (Å²) in [6, 6.07) is 5.34. The number of aliphatic hydroxyl groups excluding tert-OH is 1. The fourth-order valence-corrected chi connectivity index (χ4v) is 2.09. The van der Waals surface area contributed by atoms with E-state index in [9.17, 15) is 4.39 Å². The van der Waals surface area contributed by atoms with Crippen LogP contribution >= 0.6 is 11.3 Å². The minimum absolute atomic E-state index is 0.553. The Bertz CT molecular complexity index is 496. The van der Waals surface area contributed by atoms with Gasteiger partial charge in [0.1, 0.15) is 5.83 Å². The van der Waals surface area contributed by atoms with E-state index in [0.29, 0.717) is 5.82 Å². The van der Waals surface area contributed by atoms with Crippen LogP contribution in [-0.2, 0) is 0 Å². The van der Waals surface area contributed by atoms with E-state index in [1.807, 2.05) is 6.07 Å². The summed E-state index contributed by atoms with van der Waals surface area (Å²) in [4.78, 5) is 9.80. The first-order valence-electron chi connectivity index (χ1n) is 4.64. The van der Waals surface area contributed by atoms with E-state index in [1.54, 1.807) is 24.5 Å². The van der Waals surface area contributed by atoms with Gasteiger partial charge in [-0.15, -0.1) is 11.3 Å². The lowest BCUT2D eigenvalue weighted by atomic mass is 10.3. The third-order valence-corrected chi connectivity index (χ3v) is 2.89. The Morgan fingerprint density at radius 2 is 2.12 bits per heavy atom. The maximum atomic E-state index is 12.8. The molecule has 82 valence electrons. The van der Waals surface area contributed by atoms with Crippen molar-refractivity contribution >= 4 is 17.4 Å². The number of nitrogens with zero attached hydrogens (tertiary/aromatic N) is 2. The minimum Gasteiger partial charge on any atom is -0.389 e. The lowest BCUT2D eigenvalue weighted by Gasteiger charge is -1.92. The van der Waals surface area contributed by atoms with E-state index in [4.69, 9.17) is 5.11 Å². The summed E-state index contributed by atoms with van der Waals surface area (Å²) in [5.41, 5.74) is 0. The number of aromatic nitrogens is 2. The smallest absolute Gasteiger partial charge is 0.169 e. The predicted molar refractivity (Wildman–Crippen MR) is 61.5 cm³/mol. The molecule has 1 N–H and O–H groups in total. The van der Waals surface area contributed by atoms with Gasteiger partial charge in [-0.25, -0.2) is 14.4 Å². The molecule has 0 saturated carbocycles. The Balaban J connectivity index is 2.27. The summed E-state index contributed by atoms with van der Waals surface area (Å²) in [6.07, 6.45) is 4.62. The Morgan fingerprint density at radius 3 is 2.81 bits per heavy atom. The molecule has 0 unspecified atom stereocenters. The molecule has 0 aromatic carbocycles. The third-order valence-electron chi connectivity index (χ3n) is 1.86. The van der Waals surface area contributed by atoms with Crippen LogP contribution in [0.2, 0.25) is 0 Å². The summed E-state index contributed by atoms with van der Waals surface area (Å²) >= 11 is 1.38. The van der Waals surface area contributed by atoms with Gasteiger partial charge in [0.2, 0.25) is 0 Å². The van der Waals surface area contributed by atoms with Crippen molar-refractivity contribution in [3.8, 4) is 10.7 Å². The van der Waals surface area contributed by atoms with Crippen molar-refractivity contribution in [1.29, 1.82) is 0 Å². The molecule has 2 aromatic rings. The van der Waals surface area contributed by atoms with Gasteiger partial charge < -0.3 is 5.11 Å². The van der Waals surface area contributed by atoms with Crippen LogP contribution in [0.3, 0.4) is 0 Å². The summed E-state index contributed by atoms with van der Waals surface area (Å²) in [7, 11) is 0. The number of hydrogen-bond donors (Lipinski definition) is 1. The van der Waals surface area contributed by atoms with E-state index in [2.05, 4.69) is 9.97 Å². The highest BCUT2D eigenvalue weighted by Crippen LogP contribution is 2.26. The highest BCUT2D eigenvalue weighted by atomic mass is 32.1. The molecular formula is C11H9FN2OS. The molecule has 3 nitrogen and oxygen atoms in total. The highest BCUT2D eigenvalue weighted by Gasteiger charge is 2.04. The topological polar surface area (TPSA) is 46.0 Å². The zero-order valence-electron chi connectivity index (χ0n) is 8.30. The number of halogens is 1. The van der Waals surface area contributed by atoms with Gasteiger partial charge in [-0.05, 0) is 24.3 Å². The van der Waals surface area contributed by atoms with Gasteiger partial charge in [-0.2, -0.15) is 0 Å². The predicted octanol–water partition coefficient (Wildman–Crippen LogP) is 2.51. The van der Waals surface area contributed by atoms with Crippen molar-refractivity contribution in [3.63, 3.8) is 0 Å². The molecule has 0 spiro atoms. The van der Waals surface area contributed by atoms with Crippen molar-refractivity contribution in [1.82, 2.24) is 9.97 Å². The van der Waals surface area contributed by atoms with Gasteiger partial charge >= 0.3 is 0 Å². The van der Waals surface area contributed by atoms with Crippen molar-refractivity contribution in [3.05, 3.63) is 41.3 Å². The van der Waals surface area contributed by atoms with Crippen molar-refractivity contribution < 1.29 is 9.50 Å². The zero-order valence-corrected chi connectivity index (χ0v) is 9.12. The van der Waals surface area contributed by atoms with Crippen molar-refractivity contribution in [2.45, 2.75) is 0 Å². The first-order chi connectivity index (χ1) is 7.79. The van der Waals surface area contributed by atoms with Crippen LogP contribution in [-0.4, -0.2) is 21.7 Å². The van der Waals surface area contributed by atoms with Gasteiger partial charge in [0, 0.05) is 17.3 Å². The van der Waals surface area contributed by atoms with Gasteiger partial charge in [-0.1, -0.05) is 0 Å². The van der Waals surface area contributed by atoms with Gasteiger partial charge in [0.25, 0.3) is 0 Å². The number of hydrogen-bond acceptors (Lipinski definition) is 4. The average molecular weight is 236 g/mol. The number of aliphatic hydroxyl groups is 1. The van der Waals surface area contributed by atoms with Crippen LogP contribution in [0.1, 0.15) is 4.88 Å². The normalized spacial score (nSPS) is 11.8. The second-order valence-electron chi connectivity index (χ2n) is 3.02. The van der Waals surface area contributed by atoms with Gasteiger partial charge in [0.05, 0.1) is 11.5 Å². The molecule has 16 heavy (non-hydrogen) atoms. The van der Waals surface area contributed by atoms with Crippen LogP contribution in [0, 0.1) is 0 Å².